The van der Waals surface area contributed by atoms with Crippen LogP contribution in [-0.4, -0.2) is 23.9 Å². The molecular formula is C22H23NO3S2. The molecule has 0 unspecified atom stereocenters. The Morgan fingerprint density at radius 1 is 1.14 bits per heavy atom. The summed E-state index contributed by atoms with van der Waals surface area (Å²) < 4.78 is 11.7. The molecule has 0 atom stereocenters. The van der Waals surface area contributed by atoms with Crippen molar-refractivity contribution in [1.82, 2.24) is 0 Å². The molecule has 0 spiro atoms. The van der Waals surface area contributed by atoms with E-state index in [0.29, 0.717) is 27.3 Å². The molecule has 146 valence electrons. The number of thioether (sulfide) groups is 1. The van der Waals surface area contributed by atoms with E-state index in [0.717, 1.165) is 28.8 Å². The molecule has 0 saturated carbocycles. The molecule has 1 aliphatic heterocycles. The Labute approximate surface area is 175 Å². The van der Waals surface area contributed by atoms with E-state index >= 15 is 0 Å². The molecule has 0 aromatic heterocycles. The van der Waals surface area contributed by atoms with Gasteiger partial charge in [-0.15, -0.1) is 0 Å². The fraction of sp³-hybridized carbons (Fsp3) is 0.273. The molecule has 28 heavy (non-hydrogen) atoms. The Hall–Kier alpha value is -2.31. The second kappa shape index (κ2) is 8.80. The Balaban J connectivity index is 1.89. The molecule has 1 aliphatic rings. The zero-order valence-electron chi connectivity index (χ0n) is 16.4. The molecule has 4 nitrogen and oxygen atoms in total. The first-order valence-electron chi connectivity index (χ1n) is 9.10. The second-order valence-corrected chi connectivity index (χ2v) is 8.24. The molecule has 1 fully saturated rings. The van der Waals surface area contributed by atoms with Crippen LogP contribution in [0.25, 0.3) is 6.08 Å². The van der Waals surface area contributed by atoms with Crippen molar-refractivity contribution in [3.05, 3.63) is 58.0 Å². The highest BCUT2D eigenvalue weighted by Crippen LogP contribution is 2.38. The summed E-state index contributed by atoms with van der Waals surface area (Å²) in [6, 6.07) is 11.6. The summed E-state index contributed by atoms with van der Waals surface area (Å²) in [4.78, 5) is 15.2. The maximum absolute atomic E-state index is 13.0. The highest BCUT2D eigenvalue weighted by atomic mass is 32.2. The van der Waals surface area contributed by atoms with Crippen molar-refractivity contribution in [1.29, 1.82) is 0 Å². The molecule has 0 aliphatic carbocycles. The molecule has 6 heteroatoms. The van der Waals surface area contributed by atoms with Crippen LogP contribution in [0.3, 0.4) is 0 Å². The lowest BCUT2D eigenvalue weighted by molar-refractivity contribution is -0.113. The Kier molecular flexibility index (Phi) is 6.42. The maximum atomic E-state index is 13.0. The largest absolute Gasteiger partial charge is 0.493 e. The first-order valence-corrected chi connectivity index (χ1v) is 10.3. The minimum Gasteiger partial charge on any atom is -0.493 e. The van der Waals surface area contributed by atoms with E-state index in [2.05, 4.69) is 13.0 Å². The quantitative estimate of drug-likeness (QED) is 0.461. The lowest BCUT2D eigenvalue weighted by Crippen LogP contribution is -2.28. The summed E-state index contributed by atoms with van der Waals surface area (Å²) in [5.41, 5.74) is 3.87. The first-order chi connectivity index (χ1) is 13.4. The monoisotopic (exact) mass is 413 g/mol. The smallest absolute Gasteiger partial charge is 0.270 e. The maximum Gasteiger partial charge on any atom is 0.270 e. The van der Waals surface area contributed by atoms with Gasteiger partial charge >= 0.3 is 0 Å². The van der Waals surface area contributed by atoms with E-state index in [1.807, 2.05) is 50.3 Å². The molecule has 0 N–H and O–H groups in total. The van der Waals surface area contributed by atoms with Gasteiger partial charge in [0.05, 0.1) is 24.3 Å². The fourth-order valence-corrected chi connectivity index (χ4v) is 4.27. The number of nitrogens with zero attached hydrogens (tertiary/aromatic N) is 1. The summed E-state index contributed by atoms with van der Waals surface area (Å²) in [5.74, 6) is 1.24. The van der Waals surface area contributed by atoms with Crippen molar-refractivity contribution in [2.75, 3.05) is 18.6 Å². The molecule has 0 radical (unpaired) electrons. The minimum absolute atomic E-state index is 0.104. The molecule has 1 heterocycles. The average molecular weight is 414 g/mol. The number of hydrogen-bond acceptors (Lipinski definition) is 5. The number of aryl methyl sites for hydroxylation is 2. The van der Waals surface area contributed by atoms with Crippen molar-refractivity contribution in [2.24, 2.45) is 0 Å². The van der Waals surface area contributed by atoms with Crippen LogP contribution < -0.4 is 14.4 Å². The SMILES string of the molecule is CCCOc1ccc(/C=C2/SC(=S)N(c3ccc(C)cc3C)C2=O)cc1OC. The van der Waals surface area contributed by atoms with Gasteiger partial charge in [-0.3, -0.25) is 9.69 Å². The number of methoxy groups -OCH3 is 1. The van der Waals surface area contributed by atoms with Crippen LogP contribution in [0.1, 0.15) is 30.0 Å². The lowest BCUT2D eigenvalue weighted by Gasteiger charge is -2.17. The van der Waals surface area contributed by atoms with E-state index in [1.165, 1.54) is 11.8 Å². The summed E-state index contributed by atoms with van der Waals surface area (Å²) in [6.07, 6.45) is 2.76. The van der Waals surface area contributed by atoms with Gasteiger partial charge in [-0.25, -0.2) is 0 Å². The Bertz CT molecular complexity index is 953. The fourth-order valence-electron chi connectivity index (χ4n) is 2.99. The van der Waals surface area contributed by atoms with Crippen LogP contribution in [0.5, 0.6) is 11.5 Å². The van der Waals surface area contributed by atoms with Crippen LogP contribution >= 0.6 is 24.0 Å². The number of benzene rings is 2. The summed E-state index contributed by atoms with van der Waals surface area (Å²) in [7, 11) is 1.61. The van der Waals surface area contributed by atoms with Crippen LogP contribution in [0, 0.1) is 13.8 Å². The number of amides is 1. The van der Waals surface area contributed by atoms with E-state index in [9.17, 15) is 4.79 Å². The van der Waals surface area contributed by atoms with Gasteiger partial charge in [0, 0.05) is 0 Å². The molecule has 3 rings (SSSR count). The zero-order chi connectivity index (χ0) is 20.3. The normalized spacial score (nSPS) is 15.4. The van der Waals surface area contributed by atoms with E-state index < -0.39 is 0 Å². The standard InChI is InChI=1S/C22H23NO3S2/c1-5-10-26-18-9-7-16(12-19(18)25-4)13-20-21(24)23(22(27)28-20)17-8-6-14(2)11-15(17)3/h6-9,11-13H,5,10H2,1-4H3/b20-13+. The first kappa shape index (κ1) is 20.4. The minimum atomic E-state index is -0.104. The molecular weight excluding hydrogens is 390 g/mol. The van der Waals surface area contributed by atoms with Crippen LogP contribution in [0.2, 0.25) is 0 Å². The van der Waals surface area contributed by atoms with Crippen LogP contribution in [0.4, 0.5) is 5.69 Å². The van der Waals surface area contributed by atoms with Gasteiger partial charge in [-0.1, -0.05) is 54.7 Å². The van der Waals surface area contributed by atoms with Gasteiger partial charge in [-0.05, 0) is 55.7 Å². The number of rotatable bonds is 6. The van der Waals surface area contributed by atoms with Crippen LogP contribution in [0.15, 0.2) is 41.3 Å². The van der Waals surface area contributed by atoms with Gasteiger partial charge in [0.2, 0.25) is 0 Å². The topological polar surface area (TPSA) is 38.8 Å². The zero-order valence-corrected chi connectivity index (χ0v) is 18.1. The van der Waals surface area contributed by atoms with E-state index in [4.69, 9.17) is 21.7 Å². The molecule has 0 bridgehead atoms. The third-order valence-corrected chi connectivity index (χ3v) is 5.64. The third-order valence-electron chi connectivity index (χ3n) is 4.33. The average Bonchev–Trinajstić information content (AvgIpc) is 2.94. The molecule has 2 aromatic carbocycles. The van der Waals surface area contributed by atoms with Crippen molar-refractivity contribution < 1.29 is 14.3 Å². The third kappa shape index (κ3) is 4.23. The Morgan fingerprint density at radius 2 is 1.93 bits per heavy atom. The number of thiocarbonyl (C=S) groups is 1. The predicted molar refractivity (Wildman–Crippen MR) is 120 cm³/mol. The molecule has 1 saturated heterocycles. The van der Waals surface area contributed by atoms with Gasteiger partial charge in [0.25, 0.3) is 5.91 Å². The summed E-state index contributed by atoms with van der Waals surface area (Å²) >= 11 is 6.80. The summed E-state index contributed by atoms with van der Waals surface area (Å²) in [5, 5.41) is 0. The van der Waals surface area contributed by atoms with Gasteiger partial charge < -0.3 is 9.47 Å². The van der Waals surface area contributed by atoms with Gasteiger partial charge in [0.1, 0.15) is 0 Å². The molecule has 1 amide bonds. The van der Waals surface area contributed by atoms with Crippen molar-refractivity contribution in [2.45, 2.75) is 27.2 Å². The van der Waals surface area contributed by atoms with Crippen molar-refractivity contribution >= 4 is 46.0 Å². The van der Waals surface area contributed by atoms with Crippen LogP contribution in [-0.2, 0) is 4.79 Å². The van der Waals surface area contributed by atoms with Gasteiger partial charge in [-0.2, -0.15) is 0 Å². The lowest BCUT2D eigenvalue weighted by atomic mass is 10.1. The van der Waals surface area contributed by atoms with Crippen molar-refractivity contribution in [3.8, 4) is 11.5 Å². The van der Waals surface area contributed by atoms with Gasteiger partial charge in [0.15, 0.2) is 15.8 Å². The second-order valence-electron chi connectivity index (χ2n) is 6.57. The highest BCUT2D eigenvalue weighted by molar-refractivity contribution is 8.27. The predicted octanol–water partition coefficient (Wildman–Crippen LogP) is 5.51. The number of hydrogen-bond donors (Lipinski definition) is 0. The highest BCUT2D eigenvalue weighted by Gasteiger charge is 2.34. The Morgan fingerprint density at radius 3 is 2.61 bits per heavy atom. The number of ether oxygens (including phenoxy) is 2. The van der Waals surface area contributed by atoms with E-state index in [1.54, 1.807) is 12.0 Å². The van der Waals surface area contributed by atoms with E-state index in [-0.39, 0.29) is 5.91 Å². The number of anilines is 1. The van der Waals surface area contributed by atoms with Crippen molar-refractivity contribution in [3.63, 3.8) is 0 Å². The molecule has 2 aromatic rings. The number of carbonyl (C=O) groups is 1. The summed E-state index contributed by atoms with van der Waals surface area (Å²) in [6.45, 7) is 6.70. The number of carbonyl (C=O) groups excluding carboxylic acids is 1.